The average Bonchev–Trinajstić information content (AvgIpc) is 3.39. The molecule has 2 heterocycles. The Morgan fingerprint density at radius 2 is 1.97 bits per heavy atom. The molecule has 9 heteroatoms. The van der Waals surface area contributed by atoms with Crippen molar-refractivity contribution < 1.29 is 14.3 Å². The molecule has 4 rings (SSSR count). The number of rotatable bonds is 8. The quantitative estimate of drug-likeness (QED) is 0.458. The van der Waals surface area contributed by atoms with E-state index in [-0.39, 0.29) is 5.91 Å². The Morgan fingerprint density at radius 1 is 1.06 bits per heavy atom. The van der Waals surface area contributed by atoms with Gasteiger partial charge in [-0.3, -0.25) is 9.78 Å². The molecule has 32 heavy (non-hydrogen) atoms. The highest BCUT2D eigenvalue weighted by Gasteiger charge is 2.16. The molecule has 0 unspecified atom stereocenters. The Bertz CT molecular complexity index is 1200. The zero-order chi connectivity index (χ0) is 22.3. The van der Waals surface area contributed by atoms with Gasteiger partial charge in [-0.2, -0.15) is 0 Å². The number of methoxy groups -OCH3 is 2. The fourth-order valence-electron chi connectivity index (χ4n) is 3.38. The van der Waals surface area contributed by atoms with E-state index in [1.165, 1.54) is 11.0 Å². The van der Waals surface area contributed by atoms with Crippen LogP contribution in [-0.2, 0) is 6.42 Å². The van der Waals surface area contributed by atoms with Crippen LogP contribution >= 0.6 is 0 Å². The molecule has 0 saturated carbocycles. The first-order chi connectivity index (χ1) is 15.7. The Balaban J connectivity index is 1.67. The summed E-state index contributed by atoms with van der Waals surface area (Å²) in [4.78, 5) is 17.3. The summed E-state index contributed by atoms with van der Waals surface area (Å²) in [5.41, 5.74) is 3.58. The van der Waals surface area contributed by atoms with Crippen LogP contribution in [-0.4, -0.2) is 51.9 Å². The Morgan fingerprint density at radius 3 is 2.69 bits per heavy atom. The fourth-order valence-corrected chi connectivity index (χ4v) is 3.38. The summed E-state index contributed by atoms with van der Waals surface area (Å²) in [7, 11) is 3.16. The number of hydrogen-bond acceptors (Lipinski definition) is 7. The van der Waals surface area contributed by atoms with Gasteiger partial charge in [-0.25, -0.2) is 4.68 Å². The second-order valence-corrected chi connectivity index (χ2v) is 6.89. The number of aromatic nitrogens is 5. The topological polar surface area (TPSA) is 104 Å². The van der Waals surface area contributed by atoms with E-state index >= 15 is 0 Å². The van der Waals surface area contributed by atoms with Crippen molar-refractivity contribution in [3.05, 3.63) is 78.4 Å². The van der Waals surface area contributed by atoms with Crippen LogP contribution < -0.4 is 14.8 Å². The lowest BCUT2D eigenvalue weighted by Crippen LogP contribution is -2.26. The lowest BCUT2D eigenvalue weighted by molar-refractivity contribution is 0.0954. The summed E-state index contributed by atoms with van der Waals surface area (Å²) < 4.78 is 12.5. The summed E-state index contributed by atoms with van der Waals surface area (Å²) in [6, 6.07) is 16.7. The molecule has 4 aromatic rings. The largest absolute Gasteiger partial charge is 0.493 e. The SMILES string of the molecule is COc1cccc(-c2cc(C(=O)NCCc3ccccn3)cc(-n3cnnn3)c2)c1OC. The van der Waals surface area contributed by atoms with Gasteiger partial charge >= 0.3 is 0 Å². The second kappa shape index (κ2) is 9.69. The highest BCUT2D eigenvalue weighted by atomic mass is 16.5. The van der Waals surface area contributed by atoms with E-state index in [0.717, 1.165) is 16.8 Å². The van der Waals surface area contributed by atoms with Gasteiger partial charge in [0.15, 0.2) is 11.5 Å². The van der Waals surface area contributed by atoms with Crippen molar-refractivity contribution in [2.24, 2.45) is 0 Å². The minimum absolute atomic E-state index is 0.209. The maximum absolute atomic E-state index is 13.0. The van der Waals surface area contributed by atoms with E-state index in [2.05, 4.69) is 25.8 Å². The van der Waals surface area contributed by atoms with Crippen molar-refractivity contribution in [2.45, 2.75) is 6.42 Å². The zero-order valence-electron chi connectivity index (χ0n) is 17.7. The van der Waals surface area contributed by atoms with E-state index in [1.54, 1.807) is 32.5 Å². The Hall–Kier alpha value is -4.27. The van der Waals surface area contributed by atoms with E-state index in [1.807, 2.05) is 42.5 Å². The molecule has 0 fully saturated rings. The number of amides is 1. The molecule has 0 saturated heterocycles. The monoisotopic (exact) mass is 430 g/mol. The van der Waals surface area contributed by atoms with E-state index in [4.69, 9.17) is 9.47 Å². The Kier molecular flexibility index (Phi) is 6.35. The number of benzene rings is 2. The zero-order valence-corrected chi connectivity index (χ0v) is 17.7. The van der Waals surface area contributed by atoms with E-state index < -0.39 is 0 Å². The first kappa shape index (κ1) is 21.0. The van der Waals surface area contributed by atoms with E-state index in [9.17, 15) is 4.79 Å². The van der Waals surface area contributed by atoms with Gasteiger partial charge in [0.05, 0.1) is 19.9 Å². The predicted molar refractivity (Wildman–Crippen MR) is 118 cm³/mol. The Labute approximate surface area is 185 Å². The third kappa shape index (κ3) is 4.56. The van der Waals surface area contributed by atoms with Gasteiger partial charge in [-0.15, -0.1) is 5.10 Å². The van der Waals surface area contributed by atoms with Gasteiger partial charge in [-0.1, -0.05) is 18.2 Å². The number of ether oxygens (including phenoxy) is 2. The van der Waals surface area contributed by atoms with Crippen LogP contribution in [0, 0.1) is 0 Å². The lowest BCUT2D eigenvalue weighted by Gasteiger charge is -2.15. The van der Waals surface area contributed by atoms with Crippen LogP contribution in [0.1, 0.15) is 16.1 Å². The molecule has 9 nitrogen and oxygen atoms in total. The molecule has 0 bridgehead atoms. The van der Waals surface area contributed by atoms with Crippen LogP contribution in [0.4, 0.5) is 0 Å². The van der Waals surface area contributed by atoms with Gasteiger partial charge in [-0.05, 0) is 52.4 Å². The van der Waals surface area contributed by atoms with Gasteiger partial charge in [0.2, 0.25) is 0 Å². The normalized spacial score (nSPS) is 10.6. The second-order valence-electron chi connectivity index (χ2n) is 6.89. The minimum atomic E-state index is -0.209. The molecule has 0 aliphatic rings. The summed E-state index contributed by atoms with van der Waals surface area (Å²) in [6.07, 6.45) is 3.85. The number of carbonyl (C=O) groups is 1. The summed E-state index contributed by atoms with van der Waals surface area (Å²) in [5.74, 6) is 0.962. The van der Waals surface area contributed by atoms with Crippen LogP contribution in [0.3, 0.4) is 0 Å². The molecule has 1 N–H and O–H groups in total. The molecular weight excluding hydrogens is 408 g/mol. The smallest absolute Gasteiger partial charge is 0.251 e. The van der Waals surface area contributed by atoms with Crippen molar-refractivity contribution in [3.63, 3.8) is 0 Å². The fraction of sp³-hybridized carbons (Fsp3) is 0.174. The van der Waals surface area contributed by atoms with Gasteiger partial charge in [0.1, 0.15) is 6.33 Å². The summed E-state index contributed by atoms with van der Waals surface area (Å²) in [5, 5.41) is 14.3. The van der Waals surface area contributed by atoms with E-state index in [0.29, 0.717) is 35.7 Å². The first-order valence-electron chi connectivity index (χ1n) is 9.97. The average molecular weight is 430 g/mol. The van der Waals surface area contributed by atoms with Gasteiger partial charge < -0.3 is 14.8 Å². The standard InChI is InChI=1S/C23H22N6O3/c1-31-21-8-5-7-20(22(21)32-2)16-12-17(14-19(13-16)29-15-26-27-28-29)23(30)25-11-9-18-6-3-4-10-24-18/h3-8,10,12-15H,9,11H2,1-2H3,(H,25,30). The summed E-state index contributed by atoms with van der Waals surface area (Å²) >= 11 is 0. The lowest BCUT2D eigenvalue weighted by atomic mass is 10.00. The van der Waals surface area contributed by atoms with Crippen LogP contribution in [0.2, 0.25) is 0 Å². The molecule has 0 aliphatic carbocycles. The van der Waals surface area contributed by atoms with Crippen molar-refractivity contribution >= 4 is 5.91 Å². The summed E-state index contributed by atoms with van der Waals surface area (Å²) in [6.45, 7) is 0.461. The van der Waals surface area contributed by atoms with Gasteiger partial charge in [0.25, 0.3) is 5.91 Å². The van der Waals surface area contributed by atoms with Gasteiger partial charge in [0, 0.05) is 36.0 Å². The van der Waals surface area contributed by atoms with Crippen LogP contribution in [0.25, 0.3) is 16.8 Å². The molecule has 1 amide bonds. The third-order valence-electron chi connectivity index (χ3n) is 4.90. The minimum Gasteiger partial charge on any atom is -0.493 e. The number of hydrogen-bond donors (Lipinski definition) is 1. The number of carbonyl (C=O) groups excluding carboxylic acids is 1. The molecule has 0 atom stereocenters. The molecule has 0 radical (unpaired) electrons. The van der Waals surface area contributed by atoms with Crippen molar-refractivity contribution in [2.75, 3.05) is 20.8 Å². The molecular formula is C23H22N6O3. The van der Waals surface area contributed by atoms with Crippen molar-refractivity contribution in [1.29, 1.82) is 0 Å². The van der Waals surface area contributed by atoms with Crippen molar-refractivity contribution in [3.8, 4) is 28.3 Å². The number of nitrogens with one attached hydrogen (secondary N) is 1. The molecule has 162 valence electrons. The maximum atomic E-state index is 13.0. The number of para-hydroxylation sites is 1. The first-order valence-corrected chi connectivity index (χ1v) is 9.97. The molecule has 0 aliphatic heterocycles. The van der Waals surface area contributed by atoms with Crippen molar-refractivity contribution in [1.82, 2.24) is 30.5 Å². The maximum Gasteiger partial charge on any atom is 0.251 e. The van der Waals surface area contributed by atoms with Crippen LogP contribution in [0.5, 0.6) is 11.5 Å². The number of nitrogens with zero attached hydrogens (tertiary/aromatic N) is 5. The molecule has 0 spiro atoms. The van der Waals surface area contributed by atoms with Crippen LogP contribution in [0.15, 0.2) is 67.1 Å². The predicted octanol–water partition coefficient (Wildman–Crippen LogP) is 2.71. The molecule has 2 aromatic carbocycles. The highest BCUT2D eigenvalue weighted by Crippen LogP contribution is 2.38. The molecule has 2 aromatic heterocycles. The third-order valence-corrected chi connectivity index (χ3v) is 4.90. The number of pyridine rings is 1. The highest BCUT2D eigenvalue weighted by molar-refractivity contribution is 5.96. The number of tetrazole rings is 1.